The zero-order valence-electron chi connectivity index (χ0n) is 28.8. The molecule has 0 spiro atoms. The van der Waals surface area contributed by atoms with Gasteiger partial charge in [0, 0.05) is 27.9 Å². The molecule has 238 valence electrons. The molecule has 0 aromatic heterocycles. The van der Waals surface area contributed by atoms with Gasteiger partial charge in [-0.1, -0.05) is 156 Å². The van der Waals surface area contributed by atoms with Crippen LogP contribution in [0.25, 0.3) is 39.0 Å². The van der Waals surface area contributed by atoms with E-state index in [1.54, 1.807) is 0 Å². The zero-order chi connectivity index (χ0) is 33.9. The van der Waals surface area contributed by atoms with E-state index in [0.29, 0.717) is 0 Å². The van der Waals surface area contributed by atoms with E-state index >= 15 is 0 Å². The SMILES string of the molecule is C=C/C=C(\C=C)c1ccc(N(c2ccc3c(c2)C(C)(C)c2ccccc2-3)c2ccc3c(c2)C(C)(C)c2ccccc2-3)cc1-c1ccccc1. The molecule has 6 aromatic carbocycles. The monoisotopic (exact) mass is 631 g/mol. The summed E-state index contributed by atoms with van der Waals surface area (Å²) < 4.78 is 0. The Labute approximate surface area is 291 Å². The normalized spacial score (nSPS) is 14.7. The van der Waals surface area contributed by atoms with Gasteiger partial charge in [0.15, 0.2) is 0 Å². The van der Waals surface area contributed by atoms with Crippen molar-refractivity contribution in [1.29, 1.82) is 0 Å². The molecule has 0 saturated carbocycles. The lowest BCUT2D eigenvalue weighted by atomic mass is 9.82. The predicted octanol–water partition coefficient (Wildman–Crippen LogP) is 13.2. The summed E-state index contributed by atoms with van der Waals surface area (Å²) in [4.78, 5) is 2.44. The Balaban J connectivity index is 1.37. The van der Waals surface area contributed by atoms with Crippen molar-refractivity contribution in [3.8, 4) is 33.4 Å². The molecule has 0 heterocycles. The molecule has 0 atom stereocenters. The van der Waals surface area contributed by atoms with E-state index in [4.69, 9.17) is 0 Å². The van der Waals surface area contributed by atoms with Crippen LogP contribution in [0.4, 0.5) is 17.1 Å². The van der Waals surface area contributed by atoms with Gasteiger partial charge in [-0.15, -0.1) is 0 Å². The second-order valence-electron chi connectivity index (χ2n) is 14.3. The smallest absolute Gasteiger partial charge is 0.0468 e. The standard InChI is InChI=1S/C48H41N/c1-7-16-32(8-2)37-26-23-34(29-42(37)33-17-10-9-11-18-33)49(35-24-27-40-38-19-12-14-21-43(38)47(3,4)45(40)30-35)36-25-28-41-39-20-13-15-22-44(39)48(5,6)46(41)31-36/h7-31H,1-2H2,3-6H3/b32-16+. The van der Waals surface area contributed by atoms with Crippen molar-refractivity contribution in [2.75, 3.05) is 4.90 Å². The Morgan fingerprint density at radius 3 is 1.49 bits per heavy atom. The second kappa shape index (κ2) is 11.5. The van der Waals surface area contributed by atoms with Gasteiger partial charge in [-0.3, -0.25) is 0 Å². The van der Waals surface area contributed by atoms with Crippen molar-refractivity contribution in [3.63, 3.8) is 0 Å². The van der Waals surface area contributed by atoms with Crippen LogP contribution in [0.2, 0.25) is 0 Å². The summed E-state index contributed by atoms with van der Waals surface area (Å²) in [5.41, 5.74) is 18.4. The lowest BCUT2D eigenvalue weighted by Crippen LogP contribution is -2.18. The number of benzene rings is 6. The number of nitrogens with zero attached hydrogens (tertiary/aromatic N) is 1. The van der Waals surface area contributed by atoms with Crippen molar-refractivity contribution in [2.45, 2.75) is 38.5 Å². The topological polar surface area (TPSA) is 3.24 Å². The number of allylic oxidation sites excluding steroid dienone is 4. The summed E-state index contributed by atoms with van der Waals surface area (Å²) in [6.07, 6.45) is 5.79. The Hall–Kier alpha value is -5.66. The molecule has 0 radical (unpaired) electrons. The minimum Gasteiger partial charge on any atom is -0.310 e. The Morgan fingerprint density at radius 2 is 0.959 bits per heavy atom. The van der Waals surface area contributed by atoms with Crippen molar-refractivity contribution >= 4 is 22.6 Å². The molecular weight excluding hydrogens is 591 g/mol. The first-order valence-electron chi connectivity index (χ1n) is 17.2. The zero-order valence-corrected chi connectivity index (χ0v) is 28.8. The predicted molar refractivity (Wildman–Crippen MR) is 210 cm³/mol. The van der Waals surface area contributed by atoms with Gasteiger partial charge < -0.3 is 4.90 Å². The van der Waals surface area contributed by atoms with E-state index in [-0.39, 0.29) is 10.8 Å². The van der Waals surface area contributed by atoms with Crippen LogP contribution in [-0.2, 0) is 10.8 Å². The molecular formula is C48H41N. The van der Waals surface area contributed by atoms with Gasteiger partial charge in [0.25, 0.3) is 0 Å². The third-order valence-electron chi connectivity index (χ3n) is 10.8. The van der Waals surface area contributed by atoms with Crippen LogP contribution in [0.15, 0.2) is 165 Å². The van der Waals surface area contributed by atoms with Gasteiger partial charge in [-0.2, -0.15) is 0 Å². The Kier molecular flexibility index (Phi) is 7.19. The van der Waals surface area contributed by atoms with Crippen LogP contribution in [0, 0.1) is 0 Å². The van der Waals surface area contributed by atoms with E-state index in [9.17, 15) is 0 Å². The molecule has 0 saturated heterocycles. The van der Waals surface area contributed by atoms with E-state index in [2.05, 4.69) is 179 Å². The van der Waals surface area contributed by atoms with Crippen molar-refractivity contribution < 1.29 is 0 Å². The van der Waals surface area contributed by atoms with Crippen molar-refractivity contribution in [2.24, 2.45) is 0 Å². The van der Waals surface area contributed by atoms with Crippen LogP contribution in [0.1, 0.15) is 55.5 Å². The fourth-order valence-corrected chi connectivity index (χ4v) is 8.28. The summed E-state index contributed by atoms with van der Waals surface area (Å²) in [7, 11) is 0. The molecule has 1 nitrogen and oxygen atoms in total. The quantitative estimate of drug-likeness (QED) is 0.158. The van der Waals surface area contributed by atoms with Gasteiger partial charge in [0.2, 0.25) is 0 Å². The summed E-state index contributed by atoms with van der Waals surface area (Å²) in [6, 6.07) is 49.3. The van der Waals surface area contributed by atoms with E-state index < -0.39 is 0 Å². The minimum absolute atomic E-state index is 0.109. The number of rotatable bonds is 7. The summed E-state index contributed by atoms with van der Waals surface area (Å²) in [5.74, 6) is 0. The van der Waals surface area contributed by atoms with Crippen molar-refractivity contribution in [3.05, 3.63) is 193 Å². The molecule has 0 bridgehead atoms. The van der Waals surface area contributed by atoms with E-state index in [0.717, 1.165) is 39.3 Å². The van der Waals surface area contributed by atoms with Crippen LogP contribution in [-0.4, -0.2) is 0 Å². The van der Waals surface area contributed by atoms with Crippen molar-refractivity contribution in [1.82, 2.24) is 0 Å². The summed E-state index contributed by atoms with van der Waals surface area (Å²) >= 11 is 0. The molecule has 2 aliphatic carbocycles. The molecule has 0 amide bonds. The van der Waals surface area contributed by atoms with Crippen LogP contribution >= 0.6 is 0 Å². The van der Waals surface area contributed by atoms with Crippen LogP contribution in [0.3, 0.4) is 0 Å². The highest BCUT2D eigenvalue weighted by Gasteiger charge is 2.37. The molecule has 49 heavy (non-hydrogen) atoms. The fraction of sp³-hybridized carbons (Fsp3) is 0.125. The van der Waals surface area contributed by atoms with Gasteiger partial charge in [-0.05, 0) is 103 Å². The molecule has 8 rings (SSSR count). The molecule has 2 aliphatic rings. The summed E-state index contributed by atoms with van der Waals surface area (Å²) in [6.45, 7) is 17.5. The molecule has 0 N–H and O–H groups in total. The average Bonchev–Trinajstić information content (AvgIpc) is 3.50. The molecule has 0 fully saturated rings. The largest absolute Gasteiger partial charge is 0.310 e. The maximum atomic E-state index is 4.14. The maximum absolute atomic E-state index is 4.14. The first-order chi connectivity index (χ1) is 23.7. The fourth-order valence-electron chi connectivity index (χ4n) is 8.28. The Bertz CT molecular complexity index is 2210. The molecule has 6 aromatic rings. The molecule has 0 unspecified atom stereocenters. The van der Waals surface area contributed by atoms with Gasteiger partial charge >= 0.3 is 0 Å². The lowest BCUT2D eigenvalue weighted by molar-refractivity contribution is 0.660. The van der Waals surface area contributed by atoms with Gasteiger partial charge in [0.05, 0.1) is 0 Å². The first kappa shape index (κ1) is 30.7. The van der Waals surface area contributed by atoms with Crippen LogP contribution in [0.5, 0.6) is 0 Å². The minimum atomic E-state index is -0.109. The second-order valence-corrected chi connectivity index (χ2v) is 14.3. The van der Waals surface area contributed by atoms with Gasteiger partial charge in [-0.25, -0.2) is 0 Å². The Morgan fingerprint density at radius 1 is 0.490 bits per heavy atom. The van der Waals surface area contributed by atoms with E-state index in [1.807, 2.05) is 18.2 Å². The number of hydrogen-bond donors (Lipinski definition) is 0. The highest BCUT2D eigenvalue weighted by molar-refractivity contribution is 5.92. The first-order valence-corrected chi connectivity index (χ1v) is 17.2. The van der Waals surface area contributed by atoms with Gasteiger partial charge in [0.1, 0.15) is 0 Å². The lowest BCUT2D eigenvalue weighted by Gasteiger charge is -2.30. The summed E-state index contributed by atoms with van der Waals surface area (Å²) in [5, 5.41) is 0. The molecule has 0 aliphatic heterocycles. The third kappa shape index (κ3) is 4.76. The number of hydrogen-bond acceptors (Lipinski definition) is 1. The molecule has 1 heteroatoms. The maximum Gasteiger partial charge on any atom is 0.0468 e. The average molecular weight is 632 g/mol. The van der Waals surface area contributed by atoms with Crippen LogP contribution < -0.4 is 4.90 Å². The highest BCUT2D eigenvalue weighted by Crippen LogP contribution is 2.53. The van der Waals surface area contributed by atoms with E-state index in [1.165, 1.54) is 44.5 Å². The highest BCUT2D eigenvalue weighted by atomic mass is 15.1. The number of anilines is 3. The number of fused-ring (bicyclic) bond motifs is 6. The third-order valence-corrected chi connectivity index (χ3v) is 10.8.